The Morgan fingerprint density at radius 1 is 1.31 bits per heavy atom. The van der Waals surface area contributed by atoms with Crippen molar-refractivity contribution in [3.05, 3.63) is 64.9 Å². The zero-order chi connectivity index (χ0) is 18.1. The van der Waals surface area contributed by atoms with Crippen LogP contribution in [-0.2, 0) is 6.42 Å². The van der Waals surface area contributed by atoms with Crippen LogP contribution < -0.4 is 16.1 Å². The van der Waals surface area contributed by atoms with Gasteiger partial charge in [0.25, 0.3) is 0 Å². The smallest absolute Gasteiger partial charge is 0.248 e. The van der Waals surface area contributed by atoms with Crippen LogP contribution in [0, 0.1) is 0 Å². The molecule has 1 aliphatic rings. The van der Waals surface area contributed by atoms with Gasteiger partial charge in [0.15, 0.2) is 0 Å². The third kappa shape index (κ3) is 3.25. The number of benzene rings is 2. The monoisotopic (exact) mass is 369 g/mol. The molecule has 3 aromatic rings. The van der Waals surface area contributed by atoms with Crippen molar-refractivity contribution in [1.82, 2.24) is 15.0 Å². The van der Waals surface area contributed by atoms with Gasteiger partial charge in [-0.15, -0.1) is 0 Å². The van der Waals surface area contributed by atoms with E-state index in [1.54, 1.807) is 12.1 Å². The maximum atomic E-state index is 11.4. The Bertz CT molecular complexity index is 954. The number of hydrogen-bond acceptors (Lipinski definition) is 4. The molecular formula is C19H20ClN5O. The van der Waals surface area contributed by atoms with Crippen molar-refractivity contribution in [3.8, 4) is 0 Å². The summed E-state index contributed by atoms with van der Waals surface area (Å²) in [6.45, 7) is 2.66. The topological polar surface area (TPSA) is 76.2 Å². The first-order valence-corrected chi connectivity index (χ1v) is 8.98. The molecular weight excluding hydrogens is 350 g/mol. The zero-order valence-electron chi connectivity index (χ0n) is 14.2. The molecule has 1 aromatic heterocycles. The average molecular weight is 370 g/mol. The molecule has 0 bridgehead atoms. The molecule has 0 radical (unpaired) electrons. The van der Waals surface area contributed by atoms with Gasteiger partial charge in [-0.05, 0) is 42.3 Å². The molecule has 4 rings (SSSR count). The molecule has 26 heavy (non-hydrogen) atoms. The van der Waals surface area contributed by atoms with Crippen LogP contribution in [0.25, 0.3) is 11.0 Å². The Kier molecular flexibility index (Phi) is 4.53. The molecule has 134 valence electrons. The molecule has 0 saturated carbocycles. The third-order valence-electron chi connectivity index (χ3n) is 4.77. The minimum Gasteiger partial charge on any atom is -0.366 e. The van der Waals surface area contributed by atoms with Gasteiger partial charge in [0.05, 0.1) is 17.1 Å². The predicted molar refractivity (Wildman–Crippen MR) is 103 cm³/mol. The van der Waals surface area contributed by atoms with E-state index in [2.05, 4.69) is 26.1 Å². The van der Waals surface area contributed by atoms with Gasteiger partial charge in [-0.2, -0.15) is 0 Å². The van der Waals surface area contributed by atoms with E-state index >= 15 is 0 Å². The fourth-order valence-electron chi connectivity index (χ4n) is 3.51. The number of primary amides is 1. The number of fused-ring (bicyclic) bond motifs is 1. The molecule has 2 aromatic carbocycles. The Balaban J connectivity index is 1.66. The first kappa shape index (κ1) is 16.9. The van der Waals surface area contributed by atoms with Crippen LogP contribution in [0.15, 0.2) is 48.8 Å². The molecule has 7 heteroatoms. The summed E-state index contributed by atoms with van der Waals surface area (Å²) < 4.78 is 2.08. The van der Waals surface area contributed by atoms with E-state index in [9.17, 15) is 4.79 Å². The molecule has 1 unspecified atom stereocenters. The molecule has 2 heterocycles. The van der Waals surface area contributed by atoms with Crippen LogP contribution in [0.2, 0.25) is 5.02 Å². The van der Waals surface area contributed by atoms with E-state index in [0.29, 0.717) is 5.56 Å². The second-order valence-corrected chi connectivity index (χ2v) is 6.95. The molecule has 0 spiro atoms. The minimum atomic E-state index is -0.442. The van der Waals surface area contributed by atoms with Crippen molar-refractivity contribution in [2.75, 3.05) is 24.6 Å². The van der Waals surface area contributed by atoms with Crippen molar-refractivity contribution >= 4 is 28.5 Å². The van der Waals surface area contributed by atoms with Crippen LogP contribution in [0.3, 0.4) is 0 Å². The lowest BCUT2D eigenvalue weighted by Gasteiger charge is -2.38. The Labute approximate surface area is 156 Å². The number of carbonyl (C=O) groups is 1. The van der Waals surface area contributed by atoms with Crippen LogP contribution >= 0.6 is 11.6 Å². The predicted octanol–water partition coefficient (Wildman–Crippen LogP) is 1.94. The number of hydrogen-bond donors (Lipinski definition) is 2. The summed E-state index contributed by atoms with van der Waals surface area (Å²) >= 11 is 6.13. The van der Waals surface area contributed by atoms with E-state index < -0.39 is 5.91 Å². The van der Waals surface area contributed by atoms with Gasteiger partial charge in [0.2, 0.25) is 5.91 Å². The first-order valence-electron chi connectivity index (χ1n) is 8.61. The van der Waals surface area contributed by atoms with Crippen LogP contribution in [0.1, 0.15) is 15.9 Å². The van der Waals surface area contributed by atoms with Crippen molar-refractivity contribution in [2.24, 2.45) is 5.73 Å². The second kappa shape index (κ2) is 6.97. The van der Waals surface area contributed by atoms with E-state index in [4.69, 9.17) is 17.3 Å². The van der Waals surface area contributed by atoms with E-state index in [1.807, 2.05) is 30.6 Å². The largest absolute Gasteiger partial charge is 0.366 e. The lowest BCUT2D eigenvalue weighted by Crippen LogP contribution is -2.57. The highest BCUT2D eigenvalue weighted by molar-refractivity contribution is 6.30. The van der Waals surface area contributed by atoms with Gasteiger partial charge in [0, 0.05) is 30.2 Å². The number of aromatic nitrogens is 2. The quantitative estimate of drug-likeness (QED) is 0.737. The molecule has 6 nitrogen and oxygen atoms in total. The van der Waals surface area contributed by atoms with E-state index in [-0.39, 0.29) is 6.04 Å². The molecule has 0 aliphatic carbocycles. The summed E-state index contributed by atoms with van der Waals surface area (Å²) in [5.41, 5.74) is 8.78. The molecule has 1 aliphatic heterocycles. The maximum absolute atomic E-state index is 11.4. The summed E-state index contributed by atoms with van der Waals surface area (Å²) in [6, 6.07) is 13.6. The minimum absolute atomic E-state index is 0.274. The third-order valence-corrected chi connectivity index (χ3v) is 5.00. The highest BCUT2D eigenvalue weighted by Crippen LogP contribution is 2.19. The Morgan fingerprint density at radius 3 is 3.00 bits per heavy atom. The van der Waals surface area contributed by atoms with Gasteiger partial charge in [-0.3, -0.25) is 4.79 Å². The summed E-state index contributed by atoms with van der Waals surface area (Å²) in [5, 5.41) is 6.53. The SMILES string of the molecule is NC(=O)c1ccc2c(c1)ncn2N1CCNCC1Cc1cccc(Cl)c1. The van der Waals surface area contributed by atoms with Crippen molar-refractivity contribution in [2.45, 2.75) is 12.5 Å². The highest BCUT2D eigenvalue weighted by Gasteiger charge is 2.24. The van der Waals surface area contributed by atoms with Crippen LogP contribution in [0.5, 0.6) is 0 Å². The Morgan fingerprint density at radius 2 is 2.19 bits per heavy atom. The molecule has 1 amide bonds. The van der Waals surface area contributed by atoms with Gasteiger partial charge < -0.3 is 16.1 Å². The van der Waals surface area contributed by atoms with Gasteiger partial charge in [0.1, 0.15) is 6.33 Å². The fourth-order valence-corrected chi connectivity index (χ4v) is 3.72. The van der Waals surface area contributed by atoms with E-state index in [0.717, 1.165) is 42.1 Å². The fraction of sp³-hybridized carbons (Fsp3) is 0.263. The van der Waals surface area contributed by atoms with Gasteiger partial charge in [-0.25, -0.2) is 9.66 Å². The number of nitrogens with zero attached hydrogens (tertiary/aromatic N) is 3. The number of amides is 1. The number of nitrogens with one attached hydrogen (secondary N) is 1. The number of imidazole rings is 1. The number of halogens is 1. The van der Waals surface area contributed by atoms with Gasteiger partial charge >= 0.3 is 0 Å². The normalized spacial score (nSPS) is 17.6. The molecule has 1 atom stereocenters. The number of nitrogens with two attached hydrogens (primary N) is 1. The summed E-state index contributed by atoms with van der Waals surface area (Å²) in [6.07, 6.45) is 2.69. The molecule has 1 fully saturated rings. The number of piperazine rings is 1. The summed E-state index contributed by atoms with van der Waals surface area (Å²) in [7, 11) is 0. The summed E-state index contributed by atoms with van der Waals surface area (Å²) in [5.74, 6) is -0.442. The highest BCUT2D eigenvalue weighted by atomic mass is 35.5. The number of rotatable bonds is 4. The average Bonchev–Trinajstić information content (AvgIpc) is 3.05. The lowest BCUT2D eigenvalue weighted by atomic mass is 10.0. The zero-order valence-corrected chi connectivity index (χ0v) is 15.0. The van der Waals surface area contributed by atoms with Crippen molar-refractivity contribution < 1.29 is 4.79 Å². The van der Waals surface area contributed by atoms with Gasteiger partial charge in [-0.1, -0.05) is 23.7 Å². The van der Waals surface area contributed by atoms with Crippen molar-refractivity contribution in [3.63, 3.8) is 0 Å². The van der Waals surface area contributed by atoms with Crippen molar-refractivity contribution in [1.29, 1.82) is 0 Å². The maximum Gasteiger partial charge on any atom is 0.248 e. The standard InChI is InChI=1S/C19H20ClN5O/c20-15-3-1-2-13(8-15)9-16-11-22-6-7-24(16)25-12-23-17-10-14(19(21)26)4-5-18(17)25/h1-5,8,10,12,16,22H,6-7,9,11H2,(H2,21,26). The van der Waals surface area contributed by atoms with Crippen LogP contribution in [-0.4, -0.2) is 41.2 Å². The first-order chi connectivity index (χ1) is 12.6. The second-order valence-electron chi connectivity index (χ2n) is 6.51. The lowest BCUT2D eigenvalue weighted by molar-refractivity contribution is 0.100. The Hall–Kier alpha value is -2.57. The van der Waals surface area contributed by atoms with Crippen LogP contribution in [0.4, 0.5) is 0 Å². The van der Waals surface area contributed by atoms with E-state index in [1.165, 1.54) is 5.56 Å². The molecule has 1 saturated heterocycles. The number of carbonyl (C=O) groups excluding carboxylic acids is 1. The summed E-state index contributed by atoms with van der Waals surface area (Å²) in [4.78, 5) is 15.9. The molecule has 3 N–H and O–H groups in total.